The highest BCUT2D eigenvalue weighted by Crippen LogP contribution is 2.17. The van der Waals surface area contributed by atoms with Gasteiger partial charge in [-0.1, -0.05) is 37.3 Å². The summed E-state index contributed by atoms with van der Waals surface area (Å²) in [5.74, 6) is 0.244. The molecule has 2 N–H and O–H groups in total. The number of rotatable bonds is 7. The van der Waals surface area contributed by atoms with Gasteiger partial charge < -0.3 is 10.6 Å². The van der Waals surface area contributed by atoms with Gasteiger partial charge in [0.2, 0.25) is 11.8 Å². The van der Waals surface area contributed by atoms with Gasteiger partial charge in [0.15, 0.2) is 0 Å². The van der Waals surface area contributed by atoms with Crippen LogP contribution < -0.4 is 10.6 Å². The van der Waals surface area contributed by atoms with Gasteiger partial charge in [-0.2, -0.15) is 0 Å². The van der Waals surface area contributed by atoms with Crippen LogP contribution in [0.4, 0.5) is 0 Å². The van der Waals surface area contributed by atoms with Crippen molar-refractivity contribution >= 4 is 11.8 Å². The molecule has 5 heteroatoms. The van der Waals surface area contributed by atoms with Crippen LogP contribution in [0.25, 0.3) is 0 Å². The van der Waals surface area contributed by atoms with E-state index in [2.05, 4.69) is 22.5 Å². The summed E-state index contributed by atoms with van der Waals surface area (Å²) in [6.07, 6.45) is 2.53. The lowest BCUT2D eigenvalue weighted by Gasteiger charge is -2.32. The number of carbonyl (C=O) groups is 2. The summed E-state index contributed by atoms with van der Waals surface area (Å²) in [6, 6.07) is 9.95. The van der Waals surface area contributed by atoms with Crippen LogP contribution >= 0.6 is 0 Å². The molecule has 0 saturated carbocycles. The molecule has 1 heterocycles. The summed E-state index contributed by atoms with van der Waals surface area (Å²) in [5, 5.41) is 6.09. The molecule has 138 valence electrons. The highest BCUT2D eigenvalue weighted by Gasteiger charge is 2.26. The molecule has 0 atom stereocenters. The predicted molar refractivity (Wildman–Crippen MR) is 100.0 cm³/mol. The standard InChI is InChI=1S/C20H31N3O2/c1-4-20(2,3)22-18(24)15-23-12-10-17(11-13-23)19(25)21-14-16-8-6-5-7-9-16/h5-9,17H,4,10-15H2,1-3H3,(H,21,25)(H,22,24). The number of hydrogen-bond acceptors (Lipinski definition) is 3. The van der Waals surface area contributed by atoms with Gasteiger partial charge in [-0.15, -0.1) is 0 Å². The fourth-order valence-electron chi connectivity index (χ4n) is 2.99. The number of piperidine rings is 1. The van der Waals surface area contributed by atoms with Crippen molar-refractivity contribution in [3.05, 3.63) is 35.9 Å². The van der Waals surface area contributed by atoms with E-state index >= 15 is 0 Å². The topological polar surface area (TPSA) is 61.4 Å². The van der Waals surface area contributed by atoms with Gasteiger partial charge in [-0.3, -0.25) is 14.5 Å². The zero-order chi connectivity index (χ0) is 18.3. The molecule has 2 amide bonds. The fourth-order valence-corrected chi connectivity index (χ4v) is 2.99. The molecule has 5 nitrogen and oxygen atoms in total. The second-order valence-corrected chi connectivity index (χ2v) is 7.54. The largest absolute Gasteiger partial charge is 0.352 e. The number of nitrogens with zero attached hydrogens (tertiary/aromatic N) is 1. The Balaban J connectivity index is 1.70. The smallest absolute Gasteiger partial charge is 0.234 e. The van der Waals surface area contributed by atoms with Crippen molar-refractivity contribution in [3.8, 4) is 0 Å². The minimum atomic E-state index is -0.160. The summed E-state index contributed by atoms with van der Waals surface area (Å²) in [5.41, 5.74) is 0.954. The third-order valence-corrected chi connectivity index (χ3v) is 5.00. The molecule has 1 aliphatic heterocycles. The number of hydrogen-bond donors (Lipinski definition) is 2. The predicted octanol–water partition coefficient (Wildman–Crippen LogP) is 2.32. The minimum Gasteiger partial charge on any atom is -0.352 e. The normalized spacial score (nSPS) is 16.4. The summed E-state index contributed by atoms with van der Waals surface area (Å²) >= 11 is 0. The molecule has 0 aliphatic carbocycles. The molecule has 0 aromatic heterocycles. The first-order chi connectivity index (χ1) is 11.9. The first-order valence-corrected chi connectivity index (χ1v) is 9.24. The Bertz CT molecular complexity index is 564. The van der Waals surface area contributed by atoms with Crippen LogP contribution in [0, 0.1) is 5.92 Å². The van der Waals surface area contributed by atoms with Gasteiger partial charge in [0.05, 0.1) is 6.54 Å². The van der Waals surface area contributed by atoms with Crippen LogP contribution in [0.2, 0.25) is 0 Å². The van der Waals surface area contributed by atoms with Crippen LogP contribution in [0.1, 0.15) is 45.6 Å². The van der Waals surface area contributed by atoms with Crippen LogP contribution in [-0.2, 0) is 16.1 Å². The monoisotopic (exact) mass is 345 g/mol. The second kappa shape index (κ2) is 8.99. The Kier molecular flexibility index (Phi) is 7.00. The molecular formula is C20H31N3O2. The van der Waals surface area contributed by atoms with Crippen molar-refractivity contribution in [1.29, 1.82) is 0 Å². The third-order valence-electron chi connectivity index (χ3n) is 5.00. The number of carbonyl (C=O) groups excluding carboxylic acids is 2. The Morgan fingerprint density at radius 1 is 1.16 bits per heavy atom. The molecule has 0 bridgehead atoms. The average Bonchev–Trinajstić information content (AvgIpc) is 2.60. The molecule has 0 unspecified atom stereocenters. The molecule has 1 aromatic carbocycles. The van der Waals surface area contributed by atoms with Crippen molar-refractivity contribution in [2.24, 2.45) is 5.92 Å². The van der Waals surface area contributed by atoms with Gasteiger partial charge in [-0.05, 0) is 51.8 Å². The maximum absolute atomic E-state index is 12.3. The number of amides is 2. The van der Waals surface area contributed by atoms with E-state index < -0.39 is 0 Å². The van der Waals surface area contributed by atoms with Gasteiger partial charge >= 0.3 is 0 Å². The zero-order valence-electron chi connectivity index (χ0n) is 15.7. The van der Waals surface area contributed by atoms with E-state index in [1.165, 1.54) is 0 Å². The molecule has 25 heavy (non-hydrogen) atoms. The Morgan fingerprint density at radius 3 is 2.40 bits per heavy atom. The van der Waals surface area contributed by atoms with Crippen LogP contribution in [0.3, 0.4) is 0 Å². The lowest BCUT2D eigenvalue weighted by atomic mass is 9.95. The lowest BCUT2D eigenvalue weighted by Crippen LogP contribution is -2.49. The maximum atomic E-state index is 12.3. The summed E-state index contributed by atoms with van der Waals surface area (Å²) in [4.78, 5) is 26.6. The average molecular weight is 345 g/mol. The van der Waals surface area contributed by atoms with Gasteiger partial charge in [0.25, 0.3) is 0 Å². The molecule has 2 rings (SSSR count). The Hall–Kier alpha value is -1.88. The van der Waals surface area contributed by atoms with E-state index in [0.717, 1.165) is 37.9 Å². The van der Waals surface area contributed by atoms with Crippen LogP contribution in [-0.4, -0.2) is 41.9 Å². The molecule has 1 fully saturated rings. The van der Waals surface area contributed by atoms with Gasteiger partial charge in [0, 0.05) is 18.0 Å². The molecule has 1 aromatic rings. The summed E-state index contributed by atoms with van der Waals surface area (Å²) in [7, 11) is 0. The summed E-state index contributed by atoms with van der Waals surface area (Å²) in [6.45, 7) is 8.73. The first-order valence-electron chi connectivity index (χ1n) is 9.24. The number of nitrogens with one attached hydrogen (secondary N) is 2. The molecule has 1 saturated heterocycles. The van der Waals surface area contributed by atoms with Crippen molar-refractivity contribution in [2.75, 3.05) is 19.6 Å². The minimum absolute atomic E-state index is 0.0510. The Morgan fingerprint density at radius 2 is 1.80 bits per heavy atom. The number of likely N-dealkylation sites (tertiary alicyclic amines) is 1. The lowest BCUT2D eigenvalue weighted by molar-refractivity contribution is -0.127. The summed E-state index contributed by atoms with van der Waals surface area (Å²) < 4.78 is 0. The van der Waals surface area contributed by atoms with Crippen molar-refractivity contribution in [2.45, 2.75) is 52.1 Å². The second-order valence-electron chi connectivity index (χ2n) is 7.54. The van der Waals surface area contributed by atoms with E-state index in [0.29, 0.717) is 13.1 Å². The van der Waals surface area contributed by atoms with E-state index in [9.17, 15) is 9.59 Å². The molecule has 0 radical (unpaired) electrons. The van der Waals surface area contributed by atoms with Gasteiger partial charge in [0.1, 0.15) is 0 Å². The van der Waals surface area contributed by atoms with Crippen LogP contribution in [0.5, 0.6) is 0 Å². The van der Waals surface area contributed by atoms with E-state index in [-0.39, 0.29) is 23.3 Å². The van der Waals surface area contributed by atoms with Crippen LogP contribution in [0.15, 0.2) is 30.3 Å². The van der Waals surface area contributed by atoms with Crippen molar-refractivity contribution in [1.82, 2.24) is 15.5 Å². The van der Waals surface area contributed by atoms with E-state index in [1.807, 2.05) is 44.2 Å². The fraction of sp³-hybridized carbons (Fsp3) is 0.600. The third kappa shape index (κ3) is 6.50. The Labute approximate surface area is 151 Å². The van der Waals surface area contributed by atoms with Gasteiger partial charge in [-0.25, -0.2) is 0 Å². The van der Waals surface area contributed by atoms with E-state index in [4.69, 9.17) is 0 Å². The molecule has 1 aliphatic rings. The van der Waals surface area contributed by atoms with Crippen molar-refractivity contribution < 1.29 is 9.59 Å². The quantitative estimate of drug-likeness (QED) is 0.797. The van der Waals surface area contributed by atoms with E-state index in [1.54, 1.807) is 0 Å². The molecular weight excluding hydrogens is 314 g/mol. The molecule has 0 spiro atoms. The van der Waals surface area contributed by atoms with Crippen molar-refractivity contribution in [3.63, 3.8) is 0 Å². The number of benzene rings is 1. The SMILES string of the molecule is CCC(C)(C)NC(=O)CN1CCC(C(=O)NCc2ccccc2)CC1. The maximum Gasteiger partial charge on any atom is 0.234 e. The highest BCUT2D eigenvalue weighted by atomic mass is 16.2. The zero-order valence-corrected chi connectivity index (χ0v) is 15.7. The highest BCUT2D eigenvalue weighted by molar-refractivity contribution is 5.79. The first kappa shape index (κ1) is 19.4.